The van der Waals surface area contributed by atoms with Crippen LogP contribution in [0.1, 0.15) is 79.1 Å². The van der Waals surface area contributed by atoms with Crippen LogP contribution < -0.4 is 11.3 Å². The van der Waals surface area contributed by atoms with Gasteiger partial charge >= 0.3 is 334 Å². The van der Waals surface area contributed by atoms with E-state index in [1.165, 1.54) is 82.0 Å². The van der Waals surface area contributed by atoms with Gasteiger partial charge in [0.2, 0.25) is 0 Å². The van der Waals surface area contributed by atoms with E-state index in [9.17, 15) is 97.4 Å². The first-order valence-electron chi connectivity index (χ1n) is 16.8. The van der Waals surface area contributed by atoms with Crippen molar-refractivity contribution in [2.75, 3.05) is 26.2 Å². The van der Waals surface area contributed by atoms with Crippen molar-refractivity contribution >= 4 is 7.82 Å². The van der Waals surface area contributed by atoms with Gasteiger partial charge in [-0.3, -0.25) is 0 Å². The Kier molecular flexibility index (Phi) is 31.7. The summed E-state index contributed by atoms with van der Waals surface area (Å²) in [7, 11) is -7.94. The van der Waals surface area contributed by atoms with Gasteiger partial charge in [0.1, 0.15) is 0 Å². The number of hydrogen-bond acceptors (Lipinski definition) is 40. The van der Waals surface area contributed by atoms with Gasteiger partial charge < -0.3 is 4.48 Å². The second-order valence-electron chi connectivity index (χ2n) is 11.8. The van der Waals surface area contributed by atoms with Crippen LogP contribution in [-0.4, -0.2) is 30.7 Å². The Hall–Kier alpha value is 3.05. The van der Waals surface area contributed by atoms with Crippen LogP contribution in [0.2, 0.25) is 0 Å². The monoisotopic (exact) mass is 2090 g/mol. The van der Waals surface area contributed by atoms with E-state index in [-0.39, 0.29) is 0 Å². The van der Waals surface area contributed by atoms with Crippen molar-refractivity contribution in [3.63, 3.8) is 0 Å². The molecule has 54 heteroatoms. The Morgan fingerprint density at radius 1 is 0.300 bits per heavy atom. The van der Waals surface area contributed by atoms with Crippen molar-refractivity contribution < 1.29 is 331 Å². The van der Waals surface area contributed by atoms with Gasteiger partial charge in [0.25, 0.3) is 0 Å². The van der Waals surface area contributed by atoms with Gasteiger partial charge in [0, 0.05) is 0 Å². The predicted octanol–water partition coefficient (Wildman–Crippen LogP) is -1.52. The fourth-order valence-corrected chi connectivity index (χ4v) is 62.7. The molecule has 0 aliphatic carbocycles. The van der Waals surface area contributed by atoms with Gasteiger partial charge in [-0.15, -0.1) is 0 Å². The van der Waals surface area contributed by atoms with Crippen LogP contribution in [0.25, 0.3) is 0 Å². The molecule has 0 atom stereocenters. The molecule has 424 valence electrons. The van der Waals surface area contributed by atoms with Gasteiger partial charge in [-0.2, -0.15) is 0 Å². The van der Waals surface area contributed by atoms with E-state index in [4.69, 9.17) is 0 Å². The molecule has 0 saturated carbocycles. The van der Waals surface area contributed by atoms with Crippen molar-refractivity contribution in [2.24, 2.45) is 0 Å². The van der Waals surface area contributed by atoms with Gasteiger partial charge in [0.15, 0.2) is 0 Å². The molecule has 0 bridgehead atoms. The average molecular weight is 2060 g/mol. The zero-order valence-electron chi connectivity index (χ0n) is 34.6. The molecule has 0 rings (SSSR count). The molecule has 0 N–H and O–H groups in total. The van der Waals surface area contributed by atoms with Crippen LogP contribution >= 0.6 is 7.82 Å². The third kappa shape index (κ3) is 38.6. The fourth-order valence-electron chi connectivity index (χ4n) is 4.04. The Bertz CT molecular complexity index is 2860. The van der Waals surface area contributed by atoms with E-state index in [1.54, 1.807) is 0 Å². The summed E-state index contributed by atoms with van der Waals surface area (Å²) < 4.78 is 353. The van der Waals surface area contributed by atoms with Crippen molar-refractivity contribution in [1.82, 2.24) is 0 Å². The number of hydrogen-bond donors (Lipinski definition) is 0. The molecule has 0 saturated heterocycles. The van der Waals surface area contributed by atoms with E-state index in [1.807, 2.05) is 0 Å². The fraction of sp³-hybridized carbons (Fsp3) is 1.00. The van der Waals surface area contributed by atoms with Gasteiger partial charge in [-0.25, -0.2) is 0 Å². The molecule has 0 aromatic carbocycles. The van der Waals surface area contributed by atoms with Crippen LogP contribution in [0.5, 0.6) is 0 Å². The maximum atomic E-state index is 12.7. The van der Waals surface area contributed by atoms with Crippen LogP contribution in [0.15, 0.2) is 0 Å². The summed E-state index contributed by atoms with van der Waals surface area (Å²) in [5, 5.41) is 0. The topological polar surface area (TPSA) is 607 Å². The third-order valence-electron chi connectivity index (χ3n) is 5.99. The molecule has 0 amide bonds. The minimum atomic E-state index is -8.82. The molecule has 0 aliphatic rings. The van der Waals surface area contributed by atoms with E-state index < -0.39 is 209 Å². The Morgan fingerprint density at radius 3 is 0.614 bits per heavy atom. The van der Waals surface area contributed by atoms with E-state index >= 15 is 0 Å². The zero-order valence-corrected chi connectivity index (χ0v) is 59.6. The second kappa shape index (κ2) is 29.5. The second-order valence-corrected chi connectivity index (χ2v) is 61.4. The summed E-state index contributed by atoms with van der Waals surface area (Å²) in [6, 6.07) is 0. The molecular weight excluding hydrogens is 2030 g/mol. The molecule has 0 aliphatic heterocycles. The number of phosphoric acid groups is 1. The first kappa shape index (κ1) is 75.1. The van der Waals surface area contributed by atoms with E-state index in [0.717, 1.165) is 0 Å². The summed E-state index contributed by atoms with van der Waals surface area (Å²) in [6.07, 6.45) is 11.1. The molecule has 41 nitrogen and oxygen atoms in total. The van der Waals surface area contributed by atoms with Crippen molar-refractivity contribution in [3.8, 4) is 0 Å². The molecule has 70 heavy (non-hydrogen) atoms. The van der Waals surface area contributed by atoms with Gasteiger partial charge in [-0.05, 0) is 25.7 Å². The summed E-state index contributed by atoms with van der Waals surface area (Å²) in [5.74, 6) is 0. The van der Waals surface area contributed by atoms with Crippen molar-refractivity contribution in [3.05, 3.63) is 0 Å². The van der Waals surface area contributed by atoms with Gasteiger partial charge in [-0.1, -0.05) is 53.4 Å². The molecule has 0 heterocycles. The SMILES string of the molecule is CCCC[N+](CCCC)(CCCC)CCCC.O=P([O][Mo](=[O])(=[O])[O][Mo](=[O])(=[O])[O][Mo](=[O])(=[O])[O][Mo](=[O])(=[O])[O-])([O][Mo](=[O])(=[O])[O][Mo](=[O])(=[O])[O][Mo](=[O])(=[O])[O][Mo](=[O])(=[O])[O-])[O][Mo](=[O])(=[O])[O][Mo](=[O])(=[O])[O][Mo](=[O])(=[O])[O][Mo](=[O])(=[O])[O-]. The maximum absolute atomic E-state index is 12.7. The van der Waals surface area contributed by atoms with Crippen molar-refractivity contribution in [2.45, 2.75) is 79.1 Å². The molecule has 0 spiro atoms. The average Bonchev–Trinajstić information content (AvgIpc) is 2.99. The van der Waals surface area contributed by atoms with Gasteiger partial charge in [0.05, 0.1) is 26.2 Å². The Balaban J connectivity index is 0. The summed E-state index contributed by atoms with van der Waals surface area (Å²) in [5.41, 5.74) is 0. The molecular formula is C16H36Mo12NO40P-2. The van der Waals surface area contributed by atoms with Crippen LogP contribution in [0.3, 0.4) is 0 Å². The number of unbranched alkanes of at least 4 members (excludes halogenated alkanes) is 4. The third-order valence-corrected chi connectivity index (χ3v) is 66.2. The molecule has 0 aromatic rings. The van der Waals surface area contributed by atoms with Crippen LogP contribution in [0.4, 0.5) is 0 Å². The minimum absolute atomic E-state index is 1.35. The molecule has 0 radical (unpaired) electrons. The standard InChI is InChI=1S/C16H36N.12Mo.H3O4P.36O/c1-5-9-13-17(14-10-6-2,15-11-7-3)16-12-8-4;;;;;;;;;;;;;1-5(2,3)4;;;;;;;;;;;;;;;;;;;;;;;;;;;;;;;;;;;;/h5-16H2,1-4H3;;;;;;;;;;;;;(H3,1,2,3,4);;;;;;;;;;;;;;;;;;;;;;;;;;;;;;;;;;;;/q+1;;;;;;;;;;3*+1;;;;;;;;;;;;;;;;;;;;;;;;;;;;;;;;;;;3*-1/p-3. The summed E-state index contributed by atoms with van der Waals surface area (Å²) in [4.78, 5) is 0. The first-order valence-corrected chi connectivity index (χ1v) is 57.6. The normalized spacial score (nSPS) is 14.7. The van der Waals surface area contributed by atoms with Crippen molar-refractivity contribution in [1.29, 1.82) is 0 Å². The number of nitrogens with zero attached hydrogens (tertiary/aromatic N) is 1. The molecule has 0 unspecified atom stereocenters. The van der Waals surface area contributed by atoms with E-state index in [0.29, 0.717) is 0 Å². The summed E-state index contributed by atoms with van der Waals surface area (Å²) in [6.45, 7) is 15.0. The number of quaternary nitrogens is 1. The number of rotatable bonds is 36. The van der Waals surface area contributed by atoms with E-state index in [2.05, 4.69) is 55.6 Å². The first-order chi connectivity index (χ1) is 30.7. The van der Waals surface area contributed by atoms with Crippen LogP contribution in [-0.2, 0) is 315 Å². The summed E-state index contributed by atoms with van der Waals surface area (Å²) >= 11 is -98.5. The molecule has 0 fully saturated rings. The quantitative estimate of drug-likeness (QED) is 0.0390. The molecule has 0 aromatic heterocycles. The Labute approximate surface area is 436 Å². The predicted molar refractivity (Wildman–Crippen MR) is 116 cm³/mol. The van der Waals surface area contributed by atoms with Crippen LogP contribution in [0, 0.1) is 0 Å². The zero-order chi connectivity index (χ0) is 56.0. The Morgan fingerprint density at radius 2 is 0.457 bits per heavy atom.